The molecule has 1 unspecified atom stereocenters. The number of pyridine rings is 1. The van der Waals surface area contributed by atoms with Crippen LogP contribution in [0.4, 0.5) is 5.82 Å². The van der Waals surface area contributed by atoms with E-state index in [1.165, 1.54) is 0 Å². The maximum atomic E-state index is 10.2. The molecule has 98 valence electrons. The van der Waals surface area contributed by atoms with Gasteiger partial charge in [-0.15, -0.1) is 0 Å². The van der Waals surface area contributed by atoms with Gasteiger partial charge < -0.3 is 20.3 Å². The summed E-state index contributed by atoms with van der Waals surface area (Å²) < 4.78 is 10.5. The summed E-state index contributed by atoms with van der Waals surface area (Å²) in [6, 6.07) is 9.08. The smallest absolute Gasteiger partial charge is 0.231 e. The zero-order chi connectivity index (χ0) is 13.2. The fourth-order valence-corrected chi connectivity index (χ4v) is 2.07. The maximum Gasteiger partial charge on any atom is 0.231 e. The Kier molecular flexibility index (Phi) is 2.97. The number of hydrogen-bond acceptors (Lipinski definition) is 5. The van der Waals surface area contributed by atoms with E-state index in [0.29, 0.717) is 23.7 Å². The summed E-state index contributed by atoms with van der Waals surface area (Å²) in [7, 11) is 0. The molecule has 0 amide bonds. The van der Waals surface area contributed by atoms with E-state index < -0.39 is 6.10 Å². The maximum absolute atomic E-state index is 10.2. The quantitative estimate of drug-likeness (QED) is 0.875. The van der Waals surface area contributed by atoms with E-state index in [0.717, 1.165) is 11.1 Å². The Balaban J connectivity index is 1.81. The molecule has 1 aliphatic rings. The third kappa shape index (κ3) is 2.32. The molecule has 2 heterocycles. The molecule has 1 aromatic carbocycles. The van der Waals surface area contributed by atoms with Crippen molar-refractivity contribution in [2.24, 2.45) is 0 Å². The number of rotatable bonds is 3. The van der Waals surface area contributed by atoms with Gasteiger partial charge in [-0.1, -0.05) is 12.1 Å². The van der Waals surface area contributed by atoms with Crippen molar-refractivity contribution < 1.29 is 14.6 Å². The molecule has 3 rings (SSSR count). The molecule has 0 fully saturated rings. The number of anilines is 1. The molecule has 2 aromatic rings. The molecule has 0 radical (unpaired) electrons. The molecule has 0 aliphatic carbocycles. The van der Waals surface area contributed by atoms with E-state index in [2.05, 4.69) is 4.98 Å². The SMILES string of the molecule is Nc1ncccc1CC(O)c1ccc2c(c1)OCO2. The highest BCUT2D eigenvalue weighted by molar-refractivity contribution is 5.46. The van der Waals surface area contributed by atoms with Crippen molar-refractivity contribution in [1.29, 1.82) is 0 Å². The number of benzene rings is 1. The van der Waals surface area contributed by atoms with Crippen LogP contribution in [-0.4, -0.2) is 16.9 Å². The standard InChI is InChI=1S/C14H14N2O3/c15-14-10(2-1-5-16-14)6-11(17)9-3-4-12-13(7-9)19-8-18-12/h1-5,7,11,17H,6,8H2,(H2,15,16). The van der Waals surface area contributed by atoms with Crippen LogP contribution in [0.2, 0.25) is 0 Å². The Morgan fingerprint density at radius 2 is 2.11 bits per heavy atom. The first-order chi connectivity index (χ1) is 9.24. The average molecular weight is 258 g/mol. The lowest BCUT2D eigenvalue weighted by Gasteiger charge is -2.12. The Labute approximate surface area is 110 Å². The predicted molar refractivity (Wildman–Crippen MR) is 69.9 cm³/mol. The minimum absolute atomic E-state index is 0.227. The van der Waals surface area contributed by atoms with Crippen LogP contribution in [0.15, 0.2) is 36.5 Å². The molecule has 0 bridgehead atoms. The van der Waals surface area contributed by atoms with Crippen molar-refractivity contribution in [3.63, 3.8) is 0 Å². The highest BCUT2D eigenvalue weighted by Crippen LogP contribution is 2.34. The monoisotopic (exact) mass is 258 g/mol. The van der Waals surface area contributed by atoms with Gasteiger partial charge in [0.2, 0.25) is 6.79 Å². The lowest BCUT2D eigenvalue weighted by molar-refractivity contribution is 0.171. The Bertz CT molecular complexity index is 601. The number of aromatic nitrogens is 1. The molecule has 19 heavy (non-hydrogen) atoms. The predicted octanol–water partition coefficient (Wildman–Crippen LogP) is 1.67. The molecule has 0 saturated carbocycles. The molecule has 1 aliphatic heterocycles. The summed E-state index contributed by atoms with van der Waals surface area (Å²) in [5, 5.41) is 10.2. The van der Waals surface area contributed by atoms with Crippen LogP contribution >= 0.6 is 0 Å². The summed E-state index contributed by atoms with van der Waals surface area (Å²) in [6.45, 7) is 0.227. The number of nitrogens with two attached hydrogens (primary N) is 1. The molecule has 5 heteroatoms. The van der Waals surface area contributed by atoms with Crippen molar-refractivity contribution in [1.82, 2.24) is 4.98 Å². The molecule has 3 N–H and O–H groups in total. The molecule has 1 aromatic heterocycles. The number of nitrogens with zero attached hydrogens (tertiary/aromatic N) is 1. The van der Waals surface area contributed by atoms with Crippen LogP contribution in [0.1, 0.15) is 17.2 Å². The van der Waals surface area contributed by atoms with Crippen molar-refractivity contribution in [2.45, 2.75) is 12.5 Å². The highest BCUT2D eigenvalue weighted by Gasteiger charge is 2.17. The number of nitrogen functional groups attached to an aromatic ring is 1. The van der Waals surface area contributed by atoms with E-state index in [-0.39, 0.29) is 6.79 Å². The summed E-state index contributed by atoms with van der Waals surface area (Å²) >= 11 is 0. The van der Waals surface area contributed by atoms with Gasteiger partial charge in [0.05, 0.1) is 6.10 Å². The zero-order valence-corrected chi connectivity index (χ0v) is 10.2. The fourth-order valence-electron chi connectivity index (χ4n) is 2.07. The van der Waals surface area contributed by atoms with Gasteiger partial charge >= 0.3 is 0 Å². The van der Waals surface area contributed by atoms with Gasteiger partial charge in [-0.3, -0.25) is 0 Å². The first kappa shape index (κ1) is 11.8. The number of aliphatic hydroxyl groups excluding tert-OH is 1. The van der Waals surface area contributed by atoms with Crippen molar-refractivity contribution in [3.05, 3.63) is 47.7 Å². The third-order valence-electron chi connectivity index (χ3n) is 3.12. The summed E-state index contributed by atoms with van der Waals surface area (Å²) in [4.78, 5) is 4.01. The number of aliphatic hydroxyl groups is 1. The topological polar surface area (TPSA) is 77.6 Å². The van der Waals surface area contributed by atoms with Crippen LogP contribution in [0.25, 0.3) is 0 Å². The fraction of sp³-hybridized carbons (Fsp3) is 0.214. The summed E-state index contributed by atoms with van der Waals surface area (Å²) in [6.07, 6.45) is 1.39. The largest absolute Gasteiger partial charge is 0.454 e. The molecule has 1 atom stereocenters. The summed E-state index contributed by atoms with van der Waals surface area (Å²) in [5.74, 6) is 1.81. The van der Waals surface area contributed by atoms with E-state index in [1.54, 1.807) is 24.4 Å². The average Bonchev–Trinajstić information content (AvgIpc) is 2.88. The molecular weight excluding hydrogens is 244 g/mol. The van der Waals surface area contributed by atoms with Gasteiger partial charge in [0.25, 0.3) is 0 Å². The van der Waals surface area contributed by atoms with Gasteiger partial charge in [0.1, 0.15) is 5.82 Å². The van der Waals surface area contributed by atoms with Crippen LogP contribution in [-0.2, 0) is 6.42 Å². The van der Waals surface area contributed by atoms with Crippen molar-refractivity contribution >= 4 is 5.82 Å². The number of ether oxygens (including phenoxy) is 2. The van der Waals surface area contributed by atoms with Crippen LogP contribution in [0.3, 0.4) is 0 Å². The van der Waals surface area contributed by atoms with Crippen molar-refractivity contribution in [3.8, 4) is 11.5 Å². The first-order valence-corrected chi connectivity index (χ1v) is 6.01. The highest BCUT2D eigenvalue weighted by atomic mass is 16.7. The lowest BCUT2D eigenvalue weighted by atomic mass is 10.0. The Morgan fingerprint density at radius 1 is 1.26 bits per heavy atom. The van der Waals surface area contributed by atoms with E-state index in [1.807, 2.05) is 12.1 Å². The van der Waals surface area contributed by atoms with E-state index in [9.17, 15) is 5.11 Å². The van der Waals surface area contributed by atoms with Crippen LogP contribution < -0.4 is 15.2 Å². The van der Waals surface area contributed by atoms with E-state index >= 15 is 0 Å². The number of hydrogen-bond donors (Lipinski definition) is 2. The second kappa shape index (κ2) is 4.78. The minimum Gasteiger partial charge on any atom is -0.454 e. The normalized spacial score (nSPS) is 14.4. The molecular formula is C14H14N2O3. The third-order valence-corrected chi connectivity index (χ3v) is 3.12. The van der Waals surface area contributed by atoms with Gasteiger partial charge in [0, 0.05) is 12.6 Å². The van der Waals surface area contributed by atoms with Gasteiger partial charge in [-0.2, -0.15) is 0 Å². The Hall–Kier alpha value is -2.27. The van der Waals surface area contributed by atoms with Gasteiger partial charge in [0.15, 0.2) is 11.5 Å². The number of fused-ring (bicyclic) bond motifs is 1. The van der Waals surface area contributed by atoms with Crippen LogP contribution in [0.5, 0.6) is 11.5 Å². The molecule has 0 spiro atoms. The zero-order valence-electron chi connectivity index (χ0n) is 10.2. The molecule has 0 saturated heterocycles. The van der Waals surface area contributed by atoms with E-state index in [4.69, 9.17) is 15.2 Å². The van der Waals surface area contributed by atoms with Gasteiger partial charge in [-0.25, -0.2) is 4.98 Å². The Morgan fingerprint density at radius 3 is 2.95 bits per heavy atom. The first-order valence-electron chi connectivity index (χ1n) is 6.01. The van der Waals surface area contributed by atoms with Crippen molar-refractivity contribution in [2.75, 3.05) is 12.5 Å². The van der Waals surface area contributed by atoms with Crippen LogP contribution in [0, 0.1) is 0 Å². The second-order valence-corrected chi connectivity index (χ2v) is 4.38. The lowest BCUT2D eigenvalue weighted by Crippen LogP contribution is -2.05. The second-order valence-electron chi connectivity index (χ2n) is 4.38. The summed E-state index contributed by atoms with van der Waals surface area (Å²) in [5.41, 5.74) is 7.37. The molecule has 5 nitrogen and oxygen atoms in total. The minimum atomic E-state index is -0.652. The van der Waals surface area contributed by atoms with Gasteiger partial charge in [-0.05, 0) is 29.3 Å².